The van der Waals surface area contributed by atoms with Gasteiger partial charge in [0.05, 0.1) is 0 Å². The standard InChI is InChI=1S/C11H22N2O2/c1-3-4-5-6-8-13-11(15)7-9-12-10(2)14/h3-9H2,1-2H3,(H,12,14)(H,13,15). The van der Waals surface area contributed by atoms with E-state index in [1.165, 1.54) is 26.2 Å². The zero-order valence-corrected chi connectivity index (χ0v) is 9.77. The van der Waals surface area contributed by atoms with E-state index in [1.807, 2.05) is 0 Å². The summed E-state index contributed by atoms with van der Waals surface area (Å²) < 4.78 is 0. The predicted molar refractivity (Wildman–Crippen MR) is 60.5 cm³/mol. The van der Waals surface area contributed by atoms with E-state index in [-0.39, 0.29) is 11.8 Å². The molecule has 0 saturated carbocycles. The quantitative estimate of drug-likeness (QED) is 0.597. The van der Waals surface area contributed by atoms with Crippen LogP contribution in [0.2, 0.25) is 0 Å². The van der Waals surface area contributed by atoms with Crippen molar-refractivity contribution in [3.05, 3.63) is 0 Å². The number of rotatable bonds is 8. The highest BCUT2D eigenvalue weighted by atomic mass is 16.2. The first kappa shape index (κ1) is 13.9. The lowest BCUT2D eigenvalue weighted by molar-refractivity contribution is -0.121. The largest absolute Gasteiger partial charge is 0.356 e. The molecule has 0 aliphatic heterocycles. The Morgan fingerprint density at radius 3 is 2.33 bits per heavy atom. The fraction of sp³-hybridized carbons (Fsp3) is 0.818. The van der Waals surface area contributed by atoms with Crippen molar-refractivity contribution < 1.29 is 9.59 Å². The van der Waals surface area contributed by atoms with Gasteiger partial charge in [-0.2, -0.15) is 0 Å². The smallest absolute Gasteiger partial charge is 0.221 e. The maximum atomic E-state index is 11.2. The zero-order valence-electron chi connectivity index (χ0n) is 9.77. The molecule has 0 aliphatic carbocycles. The van der Waals surface area contributed by atoms with Crippen molar-refractivity contribution in [2.45, 2.75) is 46.0 Å². The van der Waals surface area contributed by atoms with Gasteiger partial charge in [0.1, 0.15) is 0 Å². The van der Waals surface area contributed by atoms with Crippen LogP contribution in [0.1, 0.15) is 46.0 Å². The minimum Gasteiger partial charge on any atom is -0.356 e. The first-order chi connectivity index (χ1) is 7.16. The van der Waals surface area contributed by atoms with E-state index < -0.39 is 0 Å². The van der Waals surface area contributed by atoms with Crippen molar-refractivity contribution in [3.63, 3.8) is 0 Å². The van der Waals surface area contributed by atoms with Gasteiger partial charge in [0.25, 0.3) is 0 Å². The van der Waals surface area contributed by atoms with E-state index in [2.05, 4.69) is 17.6 Å². The minimum atomic E-state index is -0.0919. The van der Waals surface area contributed by atoms with Crippen LogP contribution in [0.3, 0.4) is 0 Å². The van der Waals surface area contributed by atoms with Crippen molar-refractivity contribution in [2.75, 3.05) is 13.1 Å². The molecule has 0 aromatic carbocycles. The van der Waals surface area contributed by atoms with E-state index in [0.717, 1.165) is 13.0 Å². The number of carbonyl (C=O) groups excluding carboxylic acids is 2. The molecule has 0 bridgehead atoms. The summed E-state index contributed by atoms with van der Waals surface area (Å²) >= 11 is 0. The topological polar surface area (TPSA) is 58.2 Å². The van der Waals surface area contributed by atoms with Crippen molar-refractivity contribution >= 4 is 11.8 Å². The highest BCUT2D eigenvalue weighted by molar-refractivity contribution is 5.77. The maximum Gasteiger partial charge on any atom is 0.221 e. The molecule has 0 heterocycles. The normalized spacial score (nSPS) is 9.73. The number of hydrogen-bond donors (Lipinski definition) is 2. The van der Waals surface area contributed by atoms with Gasteiger partial charge in [0.2, 0.25) is 11.8 Å². The lowest BCUT2D eigenvalue weighted by Gasteiger charge is -2.05. The van der Waals surface area contributed by atoms with Gasteiger partial charge in [-0.3, -0.25) is 9.59 Å². The van der Waals surface area contributed by atoms with E-state index in [1.54, 1.807) is 0 Å². The van der Waals surface area contributed by atoms with Gasteiger partial charge in [-0.1, -0.05) is 26.2 Å². The van der Waals surface area contributed by atoms with Gasteiger partial charge in [-0.15, -0.1) is 0 Å². The lowest BCUT2D eigenvalue weighted by atomic mass is 10.2. The third-order valence-corrected chi connectivity index (χ3v) is 2.08. The highest BCUT2D eigenvalue weighted by Gasteiger charge is 2.00. The number of carbonyl (C=O) groups is 2. The van der Waals surface area contributed by atoms with Crippen molar-refractivity contribution in [2.24, 2.45) is 0 Å². The van der Waals surface area contributed by atoms with E-state index in [0.29, 0.717) is 13.0 Å². The summed E-state index contributed by atoms with van der Waals surface area (Å²) in [5, 5.41) is 5.41. The monoisotopic (exact) mass is 214 g/mol. The molecule has 15 heavy (non-hydrogen) atoms. The fourth-order valence-corrected chi connectivity index (χ4v) is 1.22. The molecule has 0 unspecified atom stereocenters. The van der Waals surface area contributed by atoms with Crippen LogP contribution < -0.4 is 10.6 Å². The SMILES string of the molecule is CCCCCCNC(=O)CCNC(C)=O. The number of nitrogens with one attached hydrogen (secondary N) is 2. The van der Waals surface area contributed by atoms with Crippen LogP contribution in [0.5, 0.6) is 0 Å². The van der Waals surface area contributed by atoms with Crippen molar-refractivity contribution in [3.8, 4) is 0 Å². The average Bonchev–Trinajstić information content (AvgIpc) is 2.17. The predicted octanol–water partition coefficient (Wildman–Crippen LogP) is 1.21. The average molecular weight is 214 g/mol. The molecule has 0 fully saturated rings. The molecule has 0 aromatic rings. The van der Waals surface area contributed by atoms with Gasteiger partial charge >= 0.3 is 0 Å². The third-order valence-electron chi connectivity index (χ3n) is 2.08. The minimum absolute atomic E-state index is 0.0141. The molecule has 0 rings (SSSR count). The van der Waals surface area contributed by atoms with Crippen LogP contribution in [0.4, 0.5) is 0 Å². The lowest BCUT2D eigenvalue weighted by Crippen LogP contribution is -2.30. The molecule has 0 aliphatic rings. The summed E-state index contributed by atoms with van der Waals surface area (Å²) in [6.45, 7) is 4.78. The van der Waals surface area contributed by atoms with Crippen molar-refractivity contribution in [1.29, 1.82) is 0 Å². The molecule has 0 spiro atoms. The van der Waals surface area contributed by atoms with Crippen LogP contribution in [0, 0.1) is 0 Å². The molecule has 0 radical (unpaired) electrons. The van der Waals surface area contributed by atoms with Gasteiger partial charge in [-0.05, 0) is 6.42 Å². The Labute approximate surface area is 91.8 Å². The molecule has 0 aromatic heterocycles. The third kappa shape index (κ3) is 10.9. The second-order valence-electron chi connectivity index (χ2n) is 3.64. The Bertz CT molecular complexity index is 193. The van der Waals surface area contributed by atoms with Crippen LogP contribution >= 0.6 is 0 Å². The molecule has 88 valence electrons. The Morgan fingerprint density at radius 1 is 1.00 bits per heavy atom. The van der Waals surface area contributed by atoms with Gasteiger partial charge < -0.3 is 10.6 Å². The summed E-state index contributed by atoms with van der Waals surface area (Å²) in [6, 6.07) is 0. The molecule has 4 nitrogen and oxygen atoms in total. The van der Waals surface area contributed by atoms with Crippen LogP contribution in [-0.2, 0) is 9.59 Å². The van der Waals surface area contributed by atoms with E-state index >= 15 is 0 Å². The Balaban J connectivity index is 3.22. The van der Waals surface area contributed by atoms with Crippen LogP contribution in [-0.4, -0.2) is 24.9 Å². The highest BCUT2D eigenvalue weighted by Crippen LogP contribution is 1.96. The molecule has 0 atom stereocenters. The van der Waals surface area contributed by atoms with Gasteiger partial charge in [0.15, 0.2) is 0 Å². The second kappa shape index (κ2) is 9.49. The first-order valence-electron chi connectivity index (χ1n) is 5.68. The fourth-order valence-electron chi connectivity index (χ4n) is 1.22. The van der Waals surface area contributed by atoms with Crippen LogP contribution in [0.25, 0.3) is 0 Å². The Morgan fingerprint density at radius 2 is 1.73 bits per heavy atom. The van der Waals surface area contributed by atoms with Gasteiger partial charge in [-0.25, -0.2) is 0 Å². The molecule has 4 heteroatoms. The summed E-state index contributed by atoms with van der Waals surface area (Å²) in [5.41, 5.74) is 0. The number of hydrogen-bond acceptors (Lipinski definition) is 2. The Hall–Kier alpha value is -1.06. The number of unbranched alkanes of at least 4 members (excludes halogenated alkanes) is 3. The van der Waals surface area contributed by atoms with Crippen molar-refractivity contribution in [1.82, 2.24) is 10.6 Å². The molecular weight excluding hydrogens is 192 g/mol. The summed E-state index contributed by atoms with van der Waals surface area (Å²) in [4.78, 5) is 21.7. The Kier molecular flexibility index (Phi) is 8.82. The molecule has 2 amide bonds. The molecule has 2 N–H and O–H groups in total. The first-order valence-corrected chi connectivity index (χ1v) is 5.68. The second-order valence-corrected chi connectivity index (χ2v) is 3.64. The zero-order chi connectivity index (χ0) is 11.5. The maximum absolute atomic E-state index is 11.2. The summed E-state index contributed by atoms with van der Waals surface area (Å²) in [7, 11) is 0. The van der Waals surface area contributed by atoms with E-state index in [4.69, 9.17) is 0 Å². The summed E-state index contributed by atoms with van der Waals surface area (Å²) in [6.07, 6.45) is 5.01. The van der Waals surface area contributed by atoms with Crippen LogP contribution in [0.15, 0.2) is 0 Å². The van der Waals surface area contributed by atoms with E-state index in [9.17, 15) is 9.59 Å². The molecular formula is C11H22N2O2. The summed E-state index contributed by atoms with van der Waals surface area (Å²) in [5.74, 6) is -0.0778. The number of amides is 2. The van der Waals surface area contributed by atoms with Gasteiger partial charge in [0, 0.05) is 26.4 Å². The molecule has 0 saturated heterocycles.